The van der Waals surface area contributed by atoms with E-state index in [9.17, 15) is 4.79 Å². The summed E-state index contributed by atoms with van der Waals surface area (Å²) in [7, 11) is 0. The molecule has 1 amide bonds. The number of benzene rings is 1. The van der Waals surface area contributed by atoms with E-state index in [0.717, 1.165) is 0 Å². The van der Waals surface area contributed by atoms with E-state index in [4.69, 9.17) is 11.6 Å². The summed E-state index contributed by atoms with van der Waals surface area (Å²) in [5, 5.41) is 11.7. The fraction of sp³-hybridized carbons (Fsp3) is 0.235. The lowest BCUT2D eigenvalue weighted by molar-refractivity contribution is -0.116. The lowest BCUT2D eigenvalue weighted by atomic mass is 10.1. The van der Waals surface area contributed by atoms with Gasteiger partial charge in [-0.05, 0) is 12.5 Å². The van der Waals surface area contributed by atoms with E-state index in [0.29, 0.717) is 30.2 Å². The van der Waals surface area contributed by atoms with Gasteiger partial charge in [0, 0.05) is 25.4 Å². The second-order valence-corrected chi connectivity index (χ2v) is 6.07. The van der Waals surface area contributed by atoms with Crippen molar-refractivity contribution in [1.82, 2.24) is 19.6 Å². The van der Waals surface area contributed by atoms with Gasteiger partial charge in [0.05, 0.1) is 29.6 Å². The number of aromatic nitrogens is 4. The second-order valence-electron chi connectivity index (χ2n) is 5.64. The molecule has 3 aromatic rings. The molecule has 0 fully saturated rings. The Hall–Kier alpha value is -2.60. The van der Waals surface area contributed by atoms with Crippen molar-refractivity contribution < 1.29 is 4.79 Å². The van der Waals surface area contributed by atoms with Gasteiger partial charge < -0.3 is 5.32 Å². The average molecular weight is 344 g/mol. The number of rotatable bonds is 6. The quantitative estimate of drug-likeness (QED) is 0.748. The van der Waals surface area contributed by atoms with Crippen molar-refractivity contribution in [2.45, 2.75) is 26.4 Å². The topological polar surface area (TPSA) is 64.7 Å². The van der Waals surface area contributed by atoms with Crippen molar-refractivity contribution in [3.63, 3.8) is 0 Å². The van der Waals surface area contributed by atoms with Crippen LogP contribution in [-0.4, -0.2) is 25.5 Å². The molecule has 6 nitrogen and oxygen atoms in total. The van der Waals surface area contributed by atoms with Crippen LogP contribution >= 0.6 is 11.6 Å². The van der Waals surface area contributed by atoms with Gasteiger partial charge in [0.15, 0.2) is 0 Å². The van der Waals surface area contributed by atoms with Crippen molar-refractivity contribution in [3.8, 4) is 0 Å². The molecule has 0 saturated heterocycles. The van der Waals surface area contributed by atoms with Gasteiger partial charge in [-0.1, -0.05) is 41.4 Å². The van der Waals surface area contributed by atoms with E-state index in [-0.39, 0.29) is 5.91 Å². The molecule has 124 valence electrons. The smallest absolute Gasteiger partial charge is 0.226 e. The standard InChI is InChI=1S/C17H18ClN5O/c1-13-3-2-4-14(7-13)10-23-12-16(9-20-23)21-17(24)5-6-22-11-15(18)8-19-22/h2-4,7-9,11-12H,5-6,10H2,1H3,(H,21,24). The Morgan fingerprint density at radius 2 is 2.04 bits per heavy atom. The minimum Gasteiger partial charge on any atom is -0.323 e. The maximum Gasteiger partial charge on any atom is 0.226 e. The zero-order valence-corrected chi connectivity index (χ0v) is 14.1. The third-order valence-corrected chi connectivity index (χ3v) is 3.71. The first-order chi connectivity index (χ1) is 11.6. The molecular weight excluding hydrogens is 326 g/mol. The van der Waals surface area contributed by atoms with Crippen molar-refractivity contribution in [2.24, 2.45) is 0 Å². The number of halogens is 1. The predicted molar refractivity (Wildman–Crippen MR) is 93.0 cm³/mol. The van der Waals surface area contributed by atoms with Gasteiger partial charge in [-0.25, -0.2) is 0 Å². The van der Waals surface area contributed by atoms with Gasteiger partial charge in [0.25, 0.3) is 0 Å². The molecule has 2 aromatic heterocycles. The van der Waals surface area contributed by atoms with Crippen LogP contribution in [0.1, 0.15) is 17.5 Å². The summed E-state index contributed by atoms with van der Waals surface area (Å²) in [6.07, 6.45) is 7.04. The first kappa shape index (κ1) is 16.3. The van der Waals surface area contributed by atoms with Crippen molar-refractivity contribution in [1.29, 1.82) is 0 Å². The molecular formula is C17H18ClN5O. The highest BCUT2D eigenvalue weighted by Crippen LogP contribution is 2.10. The summed E-state index contributed by atoms with van der Waals surface area (Å²) in [6, 6.07) is 8.26. The Labute approximate surface area is 145 Å². The minimum atomic E-state index is -0.0864. The van der Waals surface area contributed by atoms with Crippen molar-refractivity contribution in [2.75, 3.05) is 5.32 Å². The Morgan fingerprint density at radius 1 is 1.21 bits per heavy atom. The average Bonchev–Trinajstić information content (AvgIpc) is 3.14. The normalized spacial score (nSPS) is 10.8. The number of carbonyl (C=O) groups is 1. The van der Waals surface area contributed by atoms with Gasteiger partial charge in [0.1, 0.15) is 0 Å². The third-order valence-electron chi connectivity index (χ3n) is 3.51. The molecule has 0 atom stereocenters. The summed E-state index contributed by atoms with van der Waals surface area (Å²) in [6.45, 7) is 3.21. The molecule has 0 aliphatic rings. The number of aryl methyl sites for hydroxylation is 2. The first-order valence-electron chi connectivity index (χ1n) is 7.64. The highest BCUT2D eigenvalue weighted by Gasteiger charge is 2.06. The van der Waals surface area contributed by atoms with Gasteiger partial charge >= 0.3 is 0 Å². The van der Waals surface area contributed by atoms with E-state index in [1.54, 1.807) is 28.0 Å². The van der Waals surface area contributed by atoms with Crippen LogP contribution < -0.4 is 5.32 Å². The van der Waals surface area contributed by atoms with E-state index in [1.807, 2.05) is 12.3 Å². The monoisotopic (exact) mass is 343 g/mol. The lowest BCUT2D eigenvalue weighted by Gasteiger charge is -2.04. The molecule has 0 bridgehead atoms. The van der Waals surface area contributed by atoms with E-state index >= 15 is 0 Å². The van der Waals surface area contributed by atoms with Crippen LogP contribution in [0.15, 0.2) is 49.1 Å². The van der Waals surface area contributed by atoms with E-state index in [2.05, 4.69) is 40.6 Å². The van der Waals surface area contributed by atoms with E-state index in [1.165, 1.54) is 11.1 Å². The Balaban J connectivity index is 1.52. The lowest BCUT2D eigenvalue weighted by Crippen LogP contribution is -2.14. The number of nitrogens with one attached hydrogen (secondary N) is 1. The first-order valence-corrected chi connectivity index (χ1v) is 8.02. The highest BCUT2D eigenvalue weighted by molar-refractivity contribution is 6.30. The van der Waals surface area contributed by atoms with Gasteiger partial charge in [0.2, 0.25) is 5.91 Å². The van der Waals surface area contributed by atoms with Crippen LogP contribution in [0.3, 0.4) is 0 Å². The van der Waals surface area contributed by atoms with Gasteiger partial charge in [-0.2, -0.15) is 10.2 Å². The SMILES string of the molecule is Cc1cccc(Cn2cc(NC(=O)CCn3cc(Cl)cn3)cn2)c1. The van der Waals surface area contributed by atoms with Crippen LogP contribution in [0.5, 0.6) is 0 Å². The summed E-state index contributed by atoms with van der Waals surface area (Å²) in [4.78, 5) is 12.0. The molecule has 0 spiro atoms. The number of nitrogens with zero attached hydrogens (tertiary/aromatic N) is 4. The molecule has 24 heavy (non-hydrogen) atoms. The summed E-state index contributed by atoms with van der Waals surface area (Å²) in [5.74, 6) is -0.0864. The molecule has 2 heterocycles. The van der Waals surface area contributed by atoms with Crippen LogP contribution in [0.2, 0.25) is 5.02 Å². The summed E-state index contributed by atoms with van der Waals surface area (Å²) < 4.78 is 3.45. The minimum absolute atomic E-state index is 0.0864. The summed E-state index contributed by atoms with van der Waals surface area (Å²) in [5.41, 5.74) is 3.07. The van der Waals surface area contributed by atoms with Crippen LogP contribution in [0.25, 0.3) is 0 Å². The Kier molecular flexibility index (Phi) is 4.96. The number of hydrogen-bond donors (Lipinski definition) is 1. The van der Waals surface area contributed by atoms with Crippen molar-refractivity contribution in [3.05, 3.63) is 65.2 Å². The fourth-order valence-corrected chi connectivity index (χ4v) is 2.57. The molecule has 7 heteroatoms. The van der Waals surface area contributed by atoms with Crippen LogP contribution in [-0.2, 0) is 17.9 Å². The molecule has 0 saturated carbocycles. The highest BCUT2D eigenvalue weighted by atomic mass is 35.5. The molecule has 1 aromatic carbocycles. The number of amides is 1. The molecule has 0 aliphatic carbocycles. The van der Waals surface area contributed by atoms with Gasteiger partial charge in [-0.15, -0.1) is 0 Å². The Bertz CT molecular complexity index is 839. The number of hydrogen-bond acceptors (Lipinski definition) is 3. The molecule has 3 rings (SSSR count). The zero-order chi connectivity index (χ0) is 16.9. The third kappa shape index (κ3) is 4.45. The Morgan fingerprint density at radius 3 is 2.79 bits per heavy atom. The van der Waals surface area contributed by atoms with Gasteiger partial charge in [-0.3, -0.25) is 14.2 Å². The zero-order valence-electron chi connectivity index (χ0n) is 13.3. The largest absolute Gasteiger partial charge is 0.323 e. The maximum atomic E-state index is 12.0. The summed E-state index contributed by atoms with van der Waals surface area (Å²) >= 11 is 5.79. The predicted octanol–water partition coefficient (Wildman–Crippen LogP) is 3.12. The fourth-order valence-electron chi connectivity index (χ4n) is 2.41. The number of anilines is 1. The van der Waals surface area contributed by atoms with Crippen LogP contribution in [0.4, 0.5) is 5.69 Å². The molecule has 0 unspecified atom stereocenters. The molecule has 0 aliphatic heterocycles. The number of carbonyl (C=O) groups excluding carboxylic acids is 1. The van der Waals surface area contributed by atoms with E-state index < -0.39 is 0 Å². The maximum absolute atomic E-state index is 12.0. The van der Waals surface area contributed by atoms with Crippen molar-refractivity contribution >= 4 is 23.2 Å². The second kappa shape index (κ2) is 7.31. The van der Waals surface area contributed by atoms with Crippen LogP contribution in [0, 0.1) is 6.92 Å². The molecule has 0 radical (unpaired) electrons. The molecule has 1 N–H and O–H groups in total.